The molecular formula is C14H12BrNO3. The van der Waals surface area contributed by atoms with E-state index < -0.39 is 5.97 Å². The molecule has 4 nitrogen and oxygen atoms in total. The van der Waals surface area contributed by atoms with E-state index in [9.17, 15) is 4.79 Å². The number of nitrogen functional groups attached to an aromatic ring is 1. The number of anilines is 1. The van der Waals surface area contributed by atoms with Crippen LogP contribution >= 0.6 is 15.9 Å². The van der Waals surface area contributed by atoms with Crippen molar-refractivity contribution in [1.82, 2.24) is 0 Å². The first-order chi connectivity index (χ1) is 8.97. The van der Waals surface area contributed by atoms with Crippen molar-refractivity contribution in [3.05, 3.63) is 52.0 Å². The molecule has 5 heteroatoms. The number of carboxylic acids is 1. The van der Waals surface area contributed by atoms with Crippen LogP contribution in [0, 0.1) is 6.92 Å². The number of benzene rings is 2. The average molecular weight is 322 g/mol. The zero-order chi connectivity index (χ0) is 14.0. The standard InChI is InChI=1S/C14H12BrNO3/c1-8-2-4-10(15)7-12(8)19-13-6-9(14(17)18)3-5-11(13)16/h2-7H,16H2,1H3,(H,17,18). The van der Waals surface area contributed by atoms with Gasteiger partial charge >= 0.3 is 5.97 Å². The Morgan fingerprint density at radius 1 is 1.21 bits per heavy atom. The fourth-order valence-corrected chi connectivity index (χ4v) is 1.90. The Labute approximate surface area is 118 Å². The number of carboxylic acid groups (broad SMARTS) is 1. The topological polar surface area (TPSA) is 72.5 Å². The van der Waals surface area contributed by atoms with E-state index in [-0.39, 0.29) is 5.56 Å². The molecule has 0 bridgehead atoms. The Morgan fingerprint density at radius 2 is 1.95 bits per heavy atom. The molecule has 0 amide bonds. The first-order valence-corrected chi connectivity index (χ1v) is 6.33. The number of hydrogen-bond donors (Lipinski definition) is 2. The van der Waals surface area contributed by atoms with E-state index in [0.717, 1.165) is 10.0 Å². The molecule has 0 heterocycles. The van der Waals surface area contributed by atoms with E-state index in [1.165, 1.54) is 18.2 Å². The summed E-state index contributed by atoms with van der Waals surface area (Å²) in [6.07, 6.45) is 0. The van der Waals surface area contributed by atoms with Gasteiger partial charge in [-0.2, -0.15) is 0 Å². The van der Waals surface area contributed by atoms with Crippen LogP contribution in [-0.2, 0) is 0 Å². The third-order valence-corrected chi connectivity index (χ3v) is 3.12. The molecule has 0 atom stereocenters. The highest BCUT2D eigenvalue weighted by Crippen LogP contribution is 2.32. The van der Waals surface area contributed by atoms with Crippen molar-refractivity contribution in [3.63, 3.8) is 0 Å². The summed E-state index contributed by atoms with van der Waals surface area (Å²) in [6.45, 7) is 1.90. The monoisotopic (exact) mass is 321 g/mol. The predicted molar refractivity (Wildman–Crippen MR) is 76.8 cm³/mol. The van der Waals surface area contributed by atoms with Crippen molar-refractivity contribution >= 4 is 27.6 Å². The van der Waals surface area contributed by atoms with Crippen molar-refractivity contribution in [3.8, 4) is 11.5 Å². The minimum atomic E-state index is -1.02. The van der Waals surface area contributed by atoms with Gasteiger partial charge in [0, 0.05) is 4.47 Å². The fourth-order valence-electron chi connectivity index (χ4n) is 1.56. The Kier molecular flexibility index (Phi) is 3.76. The van der Waals surface area contributed by atoms with E-state index in [2.05, 4.69) is 15.9 Å². The highest BCUT2D eigenvalue weighted by molar-refractivity contribution is 9.10. The third kappa shape index (κ3) is 3.06. The summed E-state index contributed by atoms with van der Waals surface area (Å²) in [5.41, 5.74) is 7.26. The molecule has 0 radical (unpaired) electrons. The van der Waals surface area contributed by atoms with E-state index >= 15 is 0 Å². The van der Waals surface area contributed by atoms with Crippen LogP contribution in [0.4, 0.5) is 5.69 Å². The van der Waals surface area contributed by atoms with Gasteiger partial charge in [0.1, 0.15) is 5.75 Å². The van der Waals surface area contributed by atoms with Gasteiger partial charge < -0.3 is 15.6 Å². The summed E-state index contributed by atoms with van der Waals surface area (Å²) < 4.78 is 6.57. The molecule has 0 unspecified atom stereocenters. The second-order valence-electron chi connectivity index (χ2n) is 4.07. The van der Waals surface area contributed by atoms with Gasteiger partial charge in [-0.15, -0.1) is 0 Å². The Balaban J connectivity index is 2.40. The predicted octanol–water partition coefficient (Wildman–Crippen LogP) is 3.83. The van der Waals surface area contributed by atoms with Crippen LogP contribution in [0.2, 0.25) is 0 Å². The molecule has 2 rings (SSSR count). The molecule has 0 aliphatic heterocycles. The Bertz CT molecular complexity index is 641. The molecule has 0 spiro atoms. The molecular weight excluding hydrogens is 310 g/mol. The number of rotatable bonds is 3. The van der Waals surface area contributed by atoms with Gasteiger partial charge in [0.25, 0.3) is 0 Å². The van der Waals surface area contributed by atoms with E-state index in [1.54, 1.807) is 0 Å². The molecule has 0 aliphatic rings. The number of halogens is 1. The number of carbonyl (C=O) groups is 1. The van der Waals surface area contributed by atoms with Crippen molar-refractivity contribution < 1.29 is 14.6 Å². The number of aryl methyl sites for hydroxylation is 1. The number of aromatic carboxylic acids is 1. The SMILES string of the molecule is Cc1ccc(Br)cc1Oc1cc(C(=O)O)ccc1N. The zero-order valence-corrected chi connectivity index (χ0v) is 11.8. The lowest BCUT2D eigenvalue weighted by molar-refractivity contribution is 0.0696. The van der Waals surface area contributed by atoms with Crippen LogP contribution in [0.1, 0.15) is 15.9 Å². The average Bonchev–Trinajstić information content (AvgIpc) is 2.36. The summed E-state index contributed by atoms with van der Waals surface area (Å²) in [5.74, 6) is -0.0551. The first-order valence-electron chi connectivity index (χ1n) is 5.54. The molecule has 2 aromatic rings. The minimum Gasteiger partial charge on any atom is -0.478 e. The van der Waals surface area contributed by atoms with Gasteiger partial charge in [0.15, 0.2) is 5.75 Å². The summed E-state index contributed by atoms with van der Waals surface area (Å²) >= 11 is 3.36. The van der Waals surface area contributed by atoms with Gasteiger partial charge in [-0.1, -0.05) is 22.0 Å². The maximum Gasteiger partial charge on any atom is 0.335 e. The lowest BCUT2D eigenvalue weighted by Crippen LogP contribution is -1.99. The summed E-state index contributed by atoms with van der Waals surface area (Å²) in [5, 5.41) is 8.96. The normalized spacial score (nSPS) is 10.2. The Hall–Kier alpha value is -2.01. The van der Waals surface area contributed by atoms with Crippen molar-refractivity contribution in [2.24, 2.45) is 0 Å². The lowest BCUT2D eigenvalue weighted by Gasteiger charge is -2.11. The van der Waals surface area contributed by atoms with Crippen LogP contribution in [0.3, 0.4) is 0 Å². The highest BCUT2D eigenvalue weighted by atomic mass is 79.9. The third-order valence-electron chi connectivity index (χ3n) is 2.63. The first kappa shape index (κ1) is 13.4. The van der Waals surface area contributed by atoms with E-state index in [1.807, 2.05) is 25.1 Å². The molecule has 0 aromatic heterocycles. The van der Waals surface area contributed by atoms with Gasteiger partial charge in [0.2, 0.25) is 0 Å². The van der Waals surface area contributed by atoms with Crippen LogP contribution in [-0.4, -0.2) is 11.1 Å². The second-order valence-corrected chi connectivity index (χ2v) is 4.99. The largest absolute Gasteiger partial charge is 0.478 e. The van der Waals surface area contributed by atoms with Crippen molar-refractivity contribution in [2.45, 2.75) is 6.92 Å². The maximum atomic E-state index is 10.9. The zero-order valence-electron chi connectivity index (χ0n) is 10.2. The molecule has 3 N–H and O–H groups in total. The van der Waals surface area contributed by atoms with Crippen molar-refractivity contribution in [1.29, 1.82) is 0 Å². The quantitative estimate of drug-likeness (QED) is 0.843. The second kappa shape index (κ2) is 5.32. The molecule has 98 valence electrons. The highest BCUT2D eigenvalue weighted by Gasteiger charge is 2.10. The van der Waals surface area contributed by atoms with Crippen LogP contribution in [0.5, 0.6) is 11.5 Å². The minimum absolute atomic E-state index is 0.136. The van der Waals surface area contributed by atoms with Crippen LogP contribution < -0.4 is 10.5 Å². The number of ether oxygens (including phenoxy) is 1. The van der Waals surface area contributed by atoms with Crippen molar-refractivity contribution in [2.75, 3.05) is 5.73 Å². The fraction of sp³-hybridized carbons (Fsp3) is 0.0714. The lowest BCUT2D eigenvalue weighted by atomic mass is 10.2. The van der Waals surface area contributed by atoms with Gasteiger partial charge in [-0.05, 0) is 42.8 Å². The summed E-state index contributed by atoms with van der Waals surface area (Å²) in [6, 6.07) is 9.99. The maximum absolute atomic E-state index is 10.9. The van der Waals surface area contributed by atoms with E-state index in [4.69, 9.17) is 15.6 Å². The smallest absolute Gasteiger partial charge is 0.335 e. The van der Waals surface area contributed by atoms with Crippen LogP contribution in [0.25, 0.3) is 0 Å². The summed E-state index contributed by atoms with van der Waals surface area (Å²) in [4.78, 5) is 10.9. The summed E-state index contributed by atoms with van der Waals surface area (Å²) in [7, 11) is 0. The Morgan fingerprint density at radius 3 is 2.63 bits per heavy atom. The molecule has 0 saturated heterocycles. The molecule has 19 heavy (non-hydrogen) atoms. The molecule has 0 fully saturated rings. The van der Waals surface area contributed by atoms with Gasteiger partial charge in [0.05, 0.1) is 11.3 Å². The van der Waals surface area contributed by atoms with Gasteiger partial charge in [-0.3, -0.25) is 0 Å². The van der Waals surface area contributed by atoms with Gasteiger partial charge in [-0.25, -0.2) is 4.79 Å². The molecule has 0 aliphatic carbocycles. The van der Waals surface area contributed by atoms with Crippen LogP contribution in [0.15, 0.2) is 40.9 Å². The van der Waals surface area contributed by atoms with E-state index in [0.29, 0.717) is 17.2 Å². The molecule has 0 saturated carbocycles. The number of hydrogen-bond acceptors (Lipinski definition) is 3. The number of nitrogens with two attached hydrogens (primary N) is 1. The molecule has 2 aromatic carbocycles.